The molecule has 0 bridgehead atoms. The van der Waals surface area contributed by atoms with Gasteiger partial charge in [-0.2, -0.15) is 4.31 Å². The first-order valence-electron chi connectivity index (χ1n) is 6.23. The first-order chi connectivity index (χ1) is 9.37. The van der Waals surface area contributed by atoms with E-state index in [4.69, 9.17) is 4.74 Å². The van der Waals surface area contributed by atoms with E-state index in [0.717, 1.165) is 9.87 Å². The quantitative estimate of drug-likeness (QED) is 0.847. The molecule has 1 aliphatic heterocycles. The van der Waals surface area contributed by atoms with Crippen LogP contribution in [0.25, 0.3) is 0 Å². The van der Waals surface area contributed by atoms with Gasteiger partial charge in [0.05, 0.1) is 10.9 Å². The predicted octanol–water partition coefficient (Wildman–Crippen LogP) is 1.49. The molecule has 2 atom stereocenters. The average molecular weight is 295 g/mol. The molecule has 2 unspecified atom stereocenters. The Morgan fingerprint density at radius 2 is 1.80 bits per heavy atom. The minimum absolute atomic E-state index is 0.153. The first kappa shape index (κ1) is 14.9. The highest BCUT2D eigenvalue weighted by Gasteiger charge is 2.39. The van der Waals surface area contributed by atoms with E-state index in [2.05, 4.69) is 0 Å². The third-order valence-electron chi connectivity index (χ3n) is 3.31. The lowest BCUT2D eigenvalue weighted by Crippen LogP contribution is -2.51. The topological polar surface area (TPSA) is 63.7 Å². The van der Waals surface area contributed by atoms with Crippen LogP contribution in [0.5, 0.6) is 0 Å². The van der Waals surface area contributed by atoms with Crippen molar-refractivity contribution in [1.29, 1.82) is 0 Å². The van der Waals surface area contributed by atoms with Crippen LogP contribution in [0, 0.1) is 6.92 Å². The number of carbonyl (C=O) groups excluding carboxylic acids is 1. The minimum atomic E-state index is -3.79. The molecule has 1 aliphatic rings. The van der Waals surface area contributed by atoms with Crippen molar-refractivity contribution in [2.75, 3.05) is 7.11 Å². The van der Waals surface area contributed by atoms with Gasteiger partial charge in [-0.25, -0.2) is 8.42 Å². The lowest BCUT2D eigenvalue weighted by molar-refractivity contribution is -0.121. The van der Waals surface area contributed by atoms with Crippen LogP contribution in [0.3, 0.4) is 0 Å². The maximum Gasteiger partial charge on any atom is 0.246 e. The predicted molar refractivity (Wildman–Crippen MR) is 74.6 cm³/mol. The van der Waals surface area contributed by atoms with Gasteiger partial charge in [-0.1, -0.05) is 17.7 Å². The van der Waals surface area contributed by atoms with Crippen LogP contribution in [0.15, 0.2) is 41.3 Å². The molecule has 1 aromatic rings. The van der Waals surface area contributed by atoms with E-state index in [1.54, 1.807) is 19.1 Å². The molecule has 1 aromatic carbocycles. The zero-order valence-corrected chi connectivity index (χ0v) is 12.4. The Morgan fingerprint density at radius 3 is 2.35 bits per heavy atom. The second-order valence-electron chi connectivity index (χ2n) is 4.71. The van der Waals surface area contributed by atoms with Crippen LogP contribution >= 0.6 is 0 Å². The fourth-order valence-corrected chi connectivity index (χ4v) is 3.78. The van der Waals surface area contributed by atoms with E-state index in [9.17, 15) is 13.2 Å². The molecule has 20 heavy (non-hydrogen) atoms. The highest BCUT2D eigenvalue weighted by atomic mass is 32.2. The smallest absolute Gasteiger partial charge is 0.246 e. The largest absolute Gasteiger partial charge is 0.362 e. The molecule has 2 rings (SSSR count). The molecule has 0 saturated carbocycles. The van der Waals surface area contributed by atoms with Crippen LogP contribution in [0.2, 0.25) is 0 Å². The van der Waals surface area contributed by atoms with Gasteiger partial charge >= 0.3 is 0 Å². The van der Waals surface area contributed by atoms with E-state index in [-0.39, 0.29) is 10.7 Å². The first-order valence-corrected chi connectivity index (χ1v) is 7.67. The number of carbonyl (C=O) groups is 1. The van der Waals surface area contributed by atoms with Gasteiger partial charge in [-0.15, -0.1) is 0 Å². The van der Waals surface area contributed by atoms with Crippen LogP contribution in [0.1, 0.15) is 12.5 Å². The standard InChI is InChI=1S/C14H17NO4S/c1-10-4-6-12(7-5-10)20(17,18)15-11(2)13(16)8-9-14(15)19-3/h4-9,11,14H,1-3H3. The third kappa shape index (κ3) is 2.54. The molecule has 0 saturated heterocycles. The number of ether oxygens (including phenoxy) is 1. The van der Waals surface area contributed by atoms with E-state index in [1.165, 1.54) is 31.4 Å². The molecule has 0 amide bonds. The Hall–Kier alpha value is -1.50. The van der Waals surface area contributed by atoms with Crippen LogP contribution in [-0.2, 0) is 19.6 Å². The van der Waals surface area contributed by atoms with Crippen molar-refractivity contribution >= 4 is 15.8 Å². The lowest BCUT2D eigenvalue weighted by atomic mass is 10.1. The van der Waals surface area contributed by atoms with Gasteiger partial charge < -0.3 is 4.74 Å². The summed E-state index contributed by atoms with van der Waals surface area (Å²) < 4.78 is 31.6. The summed E-state index contributed by atoms with van der Waals surface area (Å²) in [6.45, 7) is 3.44. The molecular weight excluding hydrogens is 278 g/mol. The Labute approximate surface area is 118 Å². The third-order valence-corrected chi connectivity index (χ3v) is 5.25. The maximum absolute atomic E-state index is 12.7. The number of sulfonamides is 1. The Kier molecular flexibility index (Phi) is 4.08. The molecule has 0 aromatic heterocycles. The van der Waals surface area contributed by atoms with Gasteiger partial charge in [-0.05, 0) is 38.1 Å². The monoisotopic (exact) mass is 295 g/mol. The summed E-state index contributed by atoms with van der Waals surface area (Å²) >= 11 is 0. The number of aryl methyl sites for hydroxylation is 1. The van der Waals surface area contributed by atoms with Crippen molar-refractivity contribution in [2.24, 2.45) is 0 Å². The van der Waals surface area contributed by atoms with Gasteiger partial charge in [-0.3, -0.25) is 4.79 Å². The summed E-state index contributed by atoms with van der Waals surface area (Å²) in [5.74, 6) is -0.256. The zero-order valence-electron chi connectivity index (χ0n) is 11.6. The molecule has 6 heteroatoms. The van der Waals surface area contributed by atoms with Crippen molar-refractivity contribution in [3.05, 3.63) is 42.0 Å². The number of ketones is 1. The van der Waals surface area contributed by atoms with Gasteiger partial charge in [0.2, 0.25) is 10.0 Å². The second-order valence-corrected chi connectivity index (χ2v) is 6.55. The summed E-state index contributed by atoms with van der Waals surface area (Å²) in [7, 11) is -2.37. The van der Waals surface area contributed by atoms with Gasteiger partial charge in [0.1, 0.15) is 6.23 Å². The molecule has 0 spiro atoms. The summed E-state index contributed by atoms with van der Waals surface area (Å²) in [5, 5.41) is 0. The summed E-state index contributed by atoms with van der Waals surface area (Å²) in [6, 6.07) is 5.73. The van der Waals surface area contributed by atoms with Crippen molar-refractivity contribution in [3.8, 4) is 0 Å². The van der Waals surface area contributed by atoms with E-state index in [1.807, 2.05) is 6.92 Å². The van der Waals surface area contributed by atoms with Crippen molar-refractivity contribution < 1.29 is 17.9 Å². The van der Waals surface area contributed by atoms with Crippen LogP contribution in [-0.4, -0.2) is 37.9 Å². The lowest BCUT2D eigenvalue weighted by Gasteiger charge is -2.34. The molecule has 5 nitrogen and oxygen atoms in total. The van der Waals surface area contributed by atoms with E-state index >= 15 is 0 Å². The summed E-state index contributed by atoms with van der Waals surface area (Å²) in [4.78, 5) is 11.9. The molecule has 108 valence electrons. The molecule has 1 heterocycles. The molecule has 0 aliphatic carbocycles. The highest BCUT2D eigenvalue weighted by molar-refractivity contribution is 7.89. The summed E-state index contributed by atoms with van der Waals surface area (Å²) in [6.07, 6.45) is 2.04. The van der Waals surface area contributed by atoms with Crippen molar-refractivity contribution in [1.82, 2.24) is 4.31 Å². The summed E-state index contributed by atoms with van der Waals surface area (Å²) in [5.41, 5.74) is 0.968. The SMILES string of the molecule is COC1C=CC(=O)C(C)N1S(=O)(=O)c1ccc(C)cc1. The number of hydrogen-bond acceptors (Lipinski definition) is 4. The highest BCUT2D eigenvalue weighted by Crippen LogP contribution is 2.25. The minimum Gasteiger partial charge on any atom is -0.362 e. The second kappa shape index (κ2) is 5.47. The number of hydrogen-bond donors (Lipinski definition) is 0. The van der Waals surface area contributed by atoms with Crippen molar-refractivity contribution in [3.63, 3.8) is 0 Å². The number of nitrogens with zero attached hydrogens (tertiary/aromatic N) is 1. The fraction of sp³-hybridized carbons (Fsp3) is 0.357. The van der Waals surface area contributed by atoms with E-state index < -0.39 is 22.3 Å². The molecule has 0 N–H and O–H groups in total. The zero-order chi connectivity index (χ0) is 14.9. The maximum atomic E-state index is 12.7. The van der Waals surface area contributed by atoms with Gasteiger partial charge in [0, 0.05) is 7.11 Å². The number of benzene rings is 1. The Morgan fingerprint density at radius 1 is 1.20 bits per heavy atom. The molecule has 0 fully saturated rings. The van der Waals surface area contributed by atoms with Crippen LogP contribution < -0.4 is 0 Å². The van der Waals surface area contributed by atoms with Crippen molar-refractivity contribution in [2.45, 2.75) is 31.0 Å². The number of methoxy groups -OCH3 is 1. The van der Waals surface area contributed by atoms with Gasteiger partial charge in [0.15, 0.2) is 5.78 Å². The average Bonchev–Trinajstić information content (AvgIpc) is 2.41. The molecule has 0 radical (unpaired) electrons. The molecular formula is C14H17NO4S. The van der Waals surface area contributed by atoms with Crippen LogP contribution in [0.4, 0.5) is 0 Å². The van der Waals surface area contributed by atoms with Gasteiger partial charge in [0.25, 0.3) is 0 Å². The number of rotatable bonds is 3. The normalized spacial score (nSPS) is 24.1. The Balaban J connectivity index is 2.48. The van der Waals surface area contributed by atoms with E-state index in [0.29, 0.717) is 0 Å². The fourth-order valence-electron chi connectivity index (χ4n) is 2.11. The Bertz CT molecular complexity index is 634.